The lowest BCUT2D eigenvalue weighted by atomic mass is 9.79. The second-order valence-electron chi connectivity index (χ2n) is 4.20. The van der Waals surface area contributed by atoms with Crippen molar-refractivity contribution in [2.45, 2.75) is 25.2 Å². The van der Waals surface area contributed by atoms with Gasteiger partial charge < -0.3 is 4.57 Å². The number of aromatic nitrogens is 2. The molecule has 1 aliphatic rings. The number of fused-ring (bicyclic) bond motifs is 1. The molecule has 0 bridgehead atoms. The highest BCUT2D eigenvalue weighted by Gasteiger charge is 2.22. The first-order chi connectivity index (χ1) is 6.86. The highest BCUT2D eigenvalue weighted by atomic mass is 15.0. The first-order valence-electron chi connectivity index (χ1n) is 5.26. The fourth-order valence-corrected chi connectivity index (χ4v) is 2.29. The Hall–Kier alpha value is -1.31. The number of hydrogen-bond donors (Lipinski definition) is 0. The third-order valence-corrected chi connectivity index (χ3v) is 3.31. The van der Waals surface area contributed by atoms with Crippen molar-refractivity contribution in [1.29, 1.82) is 0 Å². The zero-order chi connectivity index (χ0) is 9.54. The molecular formula is C12H14N2. The van der Waals surface area contributed by atoms with Crippen LogP contribution in [0.1, 0.15) is 30.7 Å². The van der Waals surface area contributed by atoms with E-state index in [2.05, 4.69) is 34.8 Å². The van der Waals surface area contributed by atoms with E-state index >= 15 is 0 Å². The summed E-state index contributed by atoms with van der Waals surface area (Å²) in [6.07, 6.45) is 6.00. The Labute approximate surface area is 83.6 Å². The van der Waals surface area contributed by atoms with Crippen LogP contribution in [0.3, 0.4) is 0 Å². The topological polar surface area (TPSA) is 17.8 Å². The van der Waals surface area contributed by atoms with Crippen LogP contribution in [-0.2, 0) is 7.05 Å². The molecule has 1 saturated carbocycles. The van der Waals surface area contributed by atoms with Crippen molar-refractivity contribution in [3.8, 4) is 0 Å². The van der Waals surface area contributed by atoms with Gasteiger partial charge in [0.05, 0.1) is 17.4 Å². The minimum absolute atomic E-state index is 0.786. The first-order valence-corrected chi connectivity index (χ1v) is 5.26. The monoisotopic (exact) mass is 186 g/mol. The van der Waals surface area contributed by atoms with Crippen molar-refractivity contribution in [2.24, 2.45) is 7.05 Å². The standard InChI is InChI=1S/C12H14N2/c1-14-8-13-11-7-3-6-10(12(11)14)9-4-2-5-9/h3,6-9H,2,4-5H2,1H3. The molecule has 2 heteroatoms. The summed E-state index contributed by atoms with van der Waals surface area (Å²) in [6.45, 7) is 0. The van der Waals surface area contributed by atoms with Crippen molar-refractivity contribution in [3.05, 3.63) is 30.1 Å². The van der Waals surface area contributed by atoms with Crippen LogP contribution in [-0.4, -0.2) is 9.55 Å². The minimum atomic E-state index is 0.786. The smallest absolute Gasteiger partial charge is 0.0955 e. The Morgan fingerprint density at radius 2 is 2.21 bits per heavy atom. The molecule has 0 radical (unpaired) electrons. The summed E-state index contributed by atoms with van der Waals surface area (Å²) < 4.78 is 2.14. The molecule has 0 saturated heterocycles. The summed E-state index contributed by atoms with van der Waals surface area (Å²) >= 11 is 0. The molecule has 0 aliphatic heterocycles. The molecule has 2 nitrogen and oxygen atoms in total. The number of benzene rings is 1. The fourth-order valence-electron chi connectivity index (χ4n) is 2.29. The van der Waals surface area contributed by atoms with Gasteiger partial charge in [0.25, 0.3) is 0 Å². The van der Waals surface area contributed by atoms with Crippen LogP contribution < -0.4 is 0 Å². The number of hydrogen-bond acceptors (Lipinski definition) is 1. The van der Waals surface area contributed by atoms with Gasteiger partial charge in [-0.05, 0) is 30.4 Å². The summed E-state index contributed by atoms with van der Waals surface area (Å²) in [6, 6.07) is 6.48. The molecule has 0 amide bonds. The van der Waals surface area contributed by atoms with E-state index < -0.39 is 0 Å². The van der Waals surface area contributed by atoms with Gasteiger partial charge in [0, 0.05) is 7.05 Å². The predicted molar refractivity (Wildman–Crippen MR) is 57.3 cm³/mol. The van der Waals surface area contributed by atoms with Crippen molar-refractivity contribution in [3.63, 3.8) is 0 Å². The Bertz CT molecular complexity index is 466. The molecule has 0 unspecified atom stereocenters. The molecule has 1 aliphatic carbocycles. The van der Waals surface area contributed by atoms with E-state index in [1.165, 1.54) is 30.3 Å². The normalized spacial score (nSPS) is 17.2. The molecule has 3 rings (SSSR count). The third-order valence-electron chi connectivity index (χ3n) is 3.31. The molecule has 2 aromatic rings. The zero-order valence-corrected chi connectivity index (χ0v) is 8.40. The number of para-hydroxylation sites is 1. The Morgan fingerprint density at radius 3 is 2.93 bits per heavy atom. The molecule has 0 atom stereocenters. The van der Waals surface area contributed by atoms with Crippen molar-refractivity contribution >= 4 is 11.0 Å². The van der Waals surface area contributed by atoms with Gasteiger partial charge in [0.2, 0.25) is 0 Å². The van der Waals surface area contributed by atoms with Gasteiger partial charge in [-0.2, -0.15) is 0 Å². The molecule has 1 fully saturated rings. The predicted octanol–water partition coefficient (Wildman–Crippen LogP) is 2.84. The Balaban J connectivity index is 2.25. The van der Waals surface area contributed by atoms with E-state index in [0.29, 0.717) is 0 Å². The molecular weight excluding hydrogens is 172 g/mol. The van der Waals surface area contributed by atoms with Crippen LogP contribution >= 0.6 is 0 Å². The quantitative estimate of drug-likeness (QED) is 0.669. The Morgan fingerprint density at radius 1 is 1.36 bits per heavy atom. The number of imidazole rings is 1. The van der Waals surface area contributed by atoms with Crippen LogP contribution in [0.2, 0.25) is 0 Å². The van der Waals surface area contributed by atoms with E-state index in [1.807, 2.05) is 6.33 Å². The van der Waals surface area contributed by atoms with Gasteiger partial charge in [-0.1, -0.05) is 18.6 Å². The van der Waals surface area contributed by atoms with Crippen molar-refractivity contribution in [1.82, 2.24) is 9.55 Å². The van der Waals surface area contributed by atoms with Gasteiger partial charge in [0.15, 0.2) is 0 Å². The largest absolute Gasteiger partial charge is 0.333 e. The molecule has 0 N–H and O–H groups in total. The van der Waals surface area contributed by atoms with E-state index in [1.54, 1.807) is 0 Å². The third kappa shape index (κ3) is 0.999. The number of nitrogens with zero attached hydrogens (tertiary/aromatic N) is 2. The molecule has 1 aromatic carbocycles. The van der Waals surface area contributed by atoms with Gasteiger partial charge in [-0.25, -0.2) is 4.98 Å². The SMILES string of the molecule is Cn1cnc2cccc(C3CCC3)c21. The zero-order valence-electron chi connectivity index (χ0n) is 8.40. The van der Waals surface area contributed by atoms with E-state index in [4.69, 9.17) is 0 Å². The molecule has 14 heavy (non-hydrogen) atoms. The van der Waals surface area contributed by atoms with Crippen LogP contribution in [0.15, 0.2) is 24.5 Å². The average Bonchev–Trinajstić information content (AvgIpc) is 2.46. The maximum absolute atomic E-state index is 4.38. The first kappa shape index (κ1) is 8.04. The van der Waals surface area contributed by atoms with Gasteiger partial charge in [-0.3, -0.25) is 0 Å². The average molecular weight is 186 g/mol. The van der Waals surface area contributed by atoms with Crippen LogP contribution in [0, 0.1) is 0 Å². The molecule has 72 valence electrons. The lowest BCUT2D eigenvalue weighted by Crippen LogP contribution is -2.09. The molecule has 0 spiro atoms. The molecule has 1 aromatic heterocycles. The lowest BCUT2D eigenvalue weighted by molar-refractivity contribution is 0.421. The summed E-state index contributed by atoms with van der Waals surface area (Å²) in [4.78, 5) is 4.38. The highest BCUT2D eigenvalue weighted by Crippen LogP contribution is 2.39. The van der Waals surface area contributed by atoms with Crippen molar-refractivity contribution < 1.29 is 0 Å². The lowest BCUT2D eigenvalue weighted by Gasteiger charge is -2.26. The van der Waals surface area contributed by atoms with Crippen LogP contribution in [0.4, 0.5) is 0 Å². The maximum atomic E-state index is 4.38. The summed E-state index contributed by atoms with van der Waals surface area (Å²) in [5.74, 6) is 0.786. The number of rotatable bonds is 1. The maximum Gasteiger partial charge on any atom is 0.0955 e. The van der Waals surface area contributed by atoms with Crippen molar-refractivity contribution in [2.75, 3.05) is 0 Å². The molecule has 1 heterocycles. The van der Waals surface area contributed by atoms with Gasteiger partial charge >= 0.3 is 0 Å². The second-order valence-corrected chi connectivity index (χ2v) is 4.20. The van der Waals surface area contributed by atoms with E-state index in [9.17, 15) is 0 Å². The van der Waals surface area contributed by atoms with Gasteiger partial charge in [-0.15, -0.1) is 0 Å². The van der Waals surface area contributed by atoms with Crippen LogP contribution in [0.25, 0.3) is 11.0 Å². The summed E-state index contributed by atoms with van der Waals surface area (Å²) in [5, 5.41) is 0. The highest BCUT2D eigenvalue weighted by molar-refractivity contribution is 5.79. The minimum Gasteiger partial charge on any atom is -0.333 e. The Kier molecular flexibility index (Phi) is 1.63. The summed E-state index contributed by atoms with van der Waals surface area (Å²) in [5.41, 5.74) is 3.96. The second kappa shape index (κ2) is 2.84. The van der Waals surface area contributed by atoms with Crippen LogP contribution in [0.5, 0.6) is 0 Å². The fraction of sp³-hybridized carbons (Fsp3) is 0.417. The van der Waals surface area contributed by atoms with E-state index in [-0.39, 0.29) is 0 Å². The number of aryl methyl sites for hydroxylation is 1. The summed E-state index contributed by atoms with van der Waals surface area (Å²) in [7, 11) is 2.08. The van der Waals surface area contributed by atoms with Gasteiger partial charge in [0.1, 0.15) is 0 Å². The van der Waals surface area contributed by atoms with E-state index in [0.717, 1.165) is 11.4 Å².